The number of nitrogens with zero attached hydrogens (tertiary/aromatic N) is 4. The van der Waals surface area contributed by atoms with Gasteiger partial charge in [0.25, 0.3) is 0 Å². The summed E-state index contributed by atoms with van der Waals surface area (Å²) in [6.07, 6.45) is 2.10. The Bertz CT molecular complexity index is 2260. The number of hydrogen-bond donors (Lipinski definition) is 0. The molecule has 8 aromatic rings. The summed E-state index contributed by atoms with van der Waals surface area (Å²) in [5, 5.41) is 4.79. The van der Waals surface area contributed by atoms with Crippen molar-refractivity contribution in [1.82, 2.24) is 19.1 Å². The Morgan fingerprint density at radius 1 is 0.590 bits per heavy atom. The molecule has 1 aliphatic heterocycles. The molecule has 0 saturated carbocycles. The Labute approximate surface area is 228 Å². The first-order chi connectivity index (χ1) is 19.3. The number of benzene rings is 5. The molecule has 4 nitrogen and oxygen atoms in total. The maximum absolute atomic E-state index is 5.20. The van der Waals surface area contributed by atoms with E-state index >= 15 is 0 Å². The minimum atomic E-state index is 0.688. The van der Waals surface area contributed by atoms with E-state index in [2.05, 4.69) is 131 Å². The first-order valence-corrected chi connectivity index (χ1v) is 13.8. The molecule has 5 heteroatoms. The van der Waals surface area contributed by atoms with Gasteiger partial charge in [0.2, 0.25) is 5.95 Å². The predicted octanol–water partition coefficient (Wildman–Crippen LogP) is 8.80. The number of aromatic nitrogens is 4. The van der Waals surface area contributed by atoms with Crippen LogP contribution in [0.2, 0.25) is 0 Å². The van der Waals surface area contributed by atoms with Gasteiger partial charge in [-0.3, -0.25) is 4.57 Å². The van der Waals surface area contributed by atoms with Crippen molar-refractivity contribution in [1.29, 1.82) is 0 Å². The zero-order valence-electron chi connectivity index (χ0n) is 20.7. The lowest BCUT2D eigenvalue weighted by atomic mass is 10.1. The van der Waals surface area contributed by atoms with Gasteiger partial charge in [-0.25, -0.2) is 9.97 Å². The van der Waals surface area contributed by atoms with Crippen molar-refractivity contribution in [2.24, 2.45) is 0 Å². The van der Waals surface area contributed by atoms with Crippen LogP contribution < -0.4 is 0 Å². The maximum Gasteiger partial charge on any atom is 0.235 e. The standard InChI is InChI=1S/C34H20N4S/c1-2-9-22(10-3-1)38-27-14-6-4-11-23(27)25-19-21-17-18-37(28(21)20-29(25)38)34-35-26-13-8-16-31-32(26)33(36-34)24-12-5-7-15-30(24)39-31/h1-20H. The molecule has 0 bridgehead atoms. The minimum absolute atomic E-state index is 0.688. The minimum Gasteiger partial charge on any atom is -0.309 e. The highest BCUT2D eigenvalue weighted by Crippen LogP contribution is 2.46. The van der Waals surface area contributed by atoms with Crippen LogP contribution in [0, 0.1) is 0 Å². The molecule has 0 fully saturated rings. The highest BCUT2D eigenvalue weighted by atomic mass is 32.2. The van der Waals surface area contributed by atoms with Gasteiger partial charge in [0.15, 0.2) is 0 Å². The second-order valence-electron chi connectivity index (χ2n) is 9.92. The second-order valence-corrected chi connectivity index (χ2v) is 11.0. The number of fused-ring (bicyclic) bond motifs is 6. The van der Waals surface area contributed by atoms with Crippen LogP contribution in [0.4, 0.5) is 0 Å². The molecule has 182 valence electrons. The van der Waals surface area contributed by atoms with Crippen molar-refractivity contribution in [3.63, 3.8) is 0 Å². The van der Waals surface area contributed by atoms with Gasteiger partial charge in [0.1, 0.15) is 0 Å². The van der Waals surface area contributed by atoms with E-state index in [-0.39, 0.29) is 0 Å². The molecule has 0 saturated heterocycles. The van der Waals surface area contributed by atoms with Crippen molar-refractivity contribution in [2.75, 3.05) is 0 Å². The topological polar surface area (TPSA) is 35.6 Å². The summed E-state index contributed by atoms with van der Waals surface area (Å²) in [7, 11) is 0. The summed E-state index contributed by atoms with van der Waals surface area (Å²) in [5.74, 6) is 0.688. The van der Waals surface area contributed by atoms with Gasteiger partial charge in [-0.2, -0.15) is 0 Å². The Hall–Kier alpha value is -4.87. The lowest BCUT2D eigenvalue weighted by Gasteiger charge is -2.19. The third kappa shape index (κ3) is 2.96. The summed E-state index contributed by atoms with van der Waals surface area (Å²) < 4.78 is 4.49. The molecule has 5 aromatic carbocycles. The molecule has 0 aliphatic carbocycles. The molecule has 0 amide bonds. The summed E-state index contributed by atoms with van der Waals surface area (Å²) in [6.45, 7) is 0. The molecule has 1 aliphatic rings. The molecular weight excluding hydrogens is 496 g/mol. The average Bonchev–Trinajstić information content (AvgIpc) is 3.55. The molecule has 4 heterocycles. The average molecular weight is 517 g/mol. The Balaban J connectivity index is 1.35. The zero-order valence-corrected chi connectivity index (χ0v) is 21.6. The van der Waals surface area contributed by atoms with Crippen LogP contribution in [0.1, 0.15) is 0 Å². The maximum atomic E-state index is 5.20. The van der Waals surface area contributed by atoms with E-state index in [1.54, 1.807) is 11.8 Å². The summed E-state index contributed by atoms with van der Waals surface area (Å²) in [5.41, 5.74) is 7.74. The largest absolute Gasteiger partial charge is 0.309 e. The number of rotatable bonds is 2. The van der Waals surface area contributed by atoms with E-state index in [1.807, 2.05) is 0 Å². The van der Waals surface area contributed by atoms with Crippen LogP contribution in [-0.2, 0) is 0 Å². The molecule has 0 spiro atoms. The first kappa shape index (κ1) is 21.1. The zero-order chi connectivity index (χ0) is 25.5. The van der Waals surface area contributed by atoms with Crippen LogP contribution in [-0.4, -0.2) is 19.1 Å². The molecule has 39 heavy (non-hydrogen) atoms. The smallest absolute Gasteiger partial charge is 0.235 e. The van der Waals surface area contributed by atoms with Crippen LogP contribution in [0.25, 0.3) is 66.5 Å². The third-order valence-corrected chi connectivity index (χ3v) is 8.89. The van der Waals surface area contributed by atoms with Crippen molar-refractivity contribution in [2.45, 2.75) is 9.79 Å². The Morgan fingerprint density at radius 3 is 2.36 bits per heavy atom. The fourth-order valence-electron chi connectivity index (χ4n) is 6.02. The monoisotopic (exact) mass is 516 g/mol. The van der Waals surface area contributed by atoms with Gasteiger partial charge in [-0.1, -0.05) is 72.4 Å². The fourth-order valence-corrected chi connectivity index (χ4v) is 7.13. The summed E-state index contributed by atoms with van der Waals surface area (Å²) >= 11 is 1.79. The quantitative estimate of drug-likeness (QED) is 0.230. The van der Waals surface area contributed by atoms with Crippen molar-refractivity contribution < 1.29 is 0 Å². The van der Waals surface area contributed by atoms with E-state index in [0.29, 0.717) is 5.95 Å². The van der Waals surface area contributed by atoms with Crippen molar-refractivity contribution >= 4 is 55.4 Å². The third-order valence-electron chi connectivity index (χ3n) is 7.75. The molecule has 0 radical (unpaired) electrons. The fraction of sp³-hybridized carbons (Fsp3) is 0. The second kappa shape index (κ2) is 7.82. The van der Waals surface area contributed by atoms with Crippen LogP contribution in [0.3, 0.4) is 0 Å². The highest BCUT2D eigenvalue weighted by Gasteiger charge is 2.23. The van der Waals surface area contributed by atoms with E-state index in [0.717, 1.165) is 33.4 Å². The normalized spacial score (nSPS) is 12.5. The lowest BCUT2D eigenvalue weighted by molar-refractivity contribution is 0.980. The van der Waals surface area contributed by atoms with E-state index < -0.39 is 0 Å². The summed E-state index contributed by atoms with van der Waals surface area (Å²) in [6, 6.07) is 40.9. The van der Waals surface area contributed by atoms with Crippen LogP contribution in [0.15, 0.2) is 131 Å². The molecule has 9 rings (SSSR count). The van der Waals surface area contributed by atoms with Gasteiger partial charge >= 0.3 is 0 Å². The first-order valence-electron chi connectivity index (χ1n) is 13.0. The van der Waals surface area contributed by atoms with Gasteiger partial charge in [-0.15, -0.1) is 0 Å². The SMILES string of the molecule is c1ccc(-n2c3ccccc3c3cc4ccn(-c5nc6c7c(cccc7n5)Sc5ccccc5-6)c4cc32)cc1. The molecule has 3 aromatic heterocycles. The molecular formula is C34H20N4S. The van der Waals surface area contributed by atoms with E-state index in [4.69, 9.17) is 9.97 Å². The summed E-state index contributed by atoms with van der Waals surface area (Å²) in [4.78, 5) is 12.7. The Morgan fingerprint density at radius 2 is 1.41 bits per heavy atom. The predicted molar refractivity (Wildman–Crippen MR) is 160 cm³/mol. The van der Waals surface area contributed by atoms with Crippen molar-refractivity contribution in [3.05, 3.63) is 121 Å². The van der Waals surface area contributed by atoms with Crippen LogP contribution in [0.5, 0.6) is 0 Å². The van der Waals surface area contributed by atoms with E-state index in [1.165, 1.54) is 37.0 Å². The van der Waals surface area contributed by atoms with Gasteiger partial charge in [0.05, 0.1) is 27.8 Å². The van der Waals surface area contributed by atoms with Gasteiger partial charge in [0, 0.05) is 48.8 Å². The van der Waals surface area contributed by atoms with Crippen molar-refractivity contribution in [3.8, 4) is 22.9 Å². The van der Waals surface area contributed by atoms with Crippen LogP contribution >= 0.6 is 11.8 Å². The highest BCUT2D eigenvalue weighted by molar-refractivity contribution is 7.99. The van der Waals surface area contributed by atoms with Gasteiger partial charge < -0.3 is 4.57 Å². The molecule has 0 atom stereocenters. The molecule has 0 N–H and O–H groups in total. The molecule has 0 unspecified atom stereocenters. The van der Waals surface area contributed by atoms with Gasteiger partial charge in [-0.05, 0) is 54.6 Å². The van der Waals surface area contributed by atoms with E-state index in [9.17, 15) is 0 Å². The number of para-hydroxylation sites is 2. The number of hydrogen-bond acceptors (Lipinski definition) is 3. The Kier molecular flexibility index (Phi) is 4.23. The lowest BCUT2D eigenvalue weighted by Crippen LogP contribution is -2.05.